The maximum atomic E-state index is 12.8. The number of rotatable bonds is 7. The van der Waals surface area contributed by atoms with E-state index in [1.807, 2.05) is 7.11 Å². The van der Waals surface area contributed by atoms with Crippen molar-refractivity contribution in [2.24, 2.45) is 5.92 Å². The van der Waals surface area contributed by atoms with E-state index in [-0.39, 0.29) is 11.8 Å². The molecule has 1 aliphatic heterocycles. The highest BCUT2D eigenvalue weighted by atomic mass is 16.5. The Morgan fingerprint density at radius 3 is 2.83 bits per heavy atom. The molecule has 3 atom stereocenters. The van der Waals surface area contributed by atoms with E-state index < -0.39 is 11.0 Å². The number of carbonyl (C=O) groups excluding carboxylic acids is 1. The first kappa shape index (κ1) is 20.3. The Balaban J connectivity index is 1.65. The zero-order valence-electron chi connectivity index (χ0n) is 18.4. The maximum Gasteiger partial charge on any atom is 0.165 e. The molecule has 1 saturated heterocycles. The van der Waals surface area contributed by atoms with Gasteiger partial charge in [0.25, 0.3) is 0 Å². The topological polar surface area (TPSA) is 59.0 Å². The number of ketones is 1. The molecule has 0 aromatic heterocycles. The lowest BCUT2D eigenvalue weighted by Crippen LogP contribution is -2.74. The molecule has 5 nitrogen and oxygen atoms in total. The van der Waals surface area contributed by atoms with Crippen molar-refractivity contribution in [1.29, 1.82) is 0 Å². The normalized spacial score (nSPS) is 33.1. The second-order valence-corrected chi connectivity index (χ2v) is 9.95. The molecule has 30 heavy (non-hydrogen) atoms. The van der Waals surface area contributed by atoms with Gasteiger partial charge < -0.3 is 14.6 Å². The molecule has 5 rings (SSSR count). The van der Waals surface area contributed by atoms with Crippen LogP contribution in [0.25, 0.3) is 0 Å². The summed E-state index contributed by atoms with van der Waals surface area (Å²) in [5, 5.41) is 10.8. The largest absolute Gasteiger partial charge is 0.504 e. The number of hydrogen-bond acceptors (Lipinski definition) is 5. The number of unbranched alkanes of at least 4 members (excludes halogenated alkanes) is 1. The van der Waals surface area contributed by atoms with Crippen LogP contribution in [-0.2, 0) is 21.4 Å². The molecule has 0 spiro atoms. The van der Waals surface area contributed by atoms with E-state index >= 15 is 0 Å². The minimum absolute atomic E-state index is 0.195. The Hall–Kier alpha value is -1.59. The molecule has 5 heteroatoms. The predicted molar refractivity (Wildman–Crippen MR) is 115 cm³/mol. The van der Waals surface area contributed by atoms with E-state index in [1.165, 1.54) is 18.4 Å². The minimum Gasteiger partial charge on any atom is -0.504 e. The molecule has 2 saturated carbocycles. The van der Waals surface area contributed by atoms with Crippen LogP contribution in [0.4, 0.5) is 0 Å². The van der Waals surface area contributed by atoms with Gasteiger partial charge in [-0.3, -0.25) is 9.69 Å². The molecule has 1 N–H and O–H groups in total. The van der Waals surface area contributed by atoms with Crippen molar-refractivity contribution in [2.45, 2.75) is 81.8 Å². The quantitative estimate of drug-likeness (QED) is 0.685. The molecule has 164 valence electrons. The Kier molecular flexibility index (Phi) is 5.10. The molecule has 4 aliphatic rings. The number of piperidine rings is 1. The monoisotopic (exact) mass is 413 g/mol. The molecular weight excluding hydrogens is 378 g/mol. The van der Waals surface area contributed by atoms with E-state index in [4.69, 9.17) is 9.47 Å². The number of Topliss-reactive ketones (excluding diaryl/α,β-unsaturated/α-hetero) is 1. The average molecular weight is 414 g/mol. The van der Waals surface area contributed by atoms with Crippen LogP contribution < -0.4 is 4.74 Å². The van der Waals surface area contributed by atoms with Gasteiger partial charge in [-0.1, -0.05) is 19.4 Å². The fourth-order valence-corrected chi connectivity index (χ4v) is 6.69. The Bertz CT molecular complexity index is 835. The number of phenolic OH excluding ortho intramolecular Hbond substituents is 1. The number of fused-ring (bicyclic) bond motifs is 1. The summed E-state index contributed by atoms with van der Waals surface area (Å²) in [4.78, 5) is 15.5. The van der Waals surface area contributed by atoms with E-state index in [9.17, 15) is 9.90 Å². The molecule has 2 bridgehead atoms. The molecule has 3 aliphatic carbocycles. The Morgan fingerprint density at radius 1 is 1.27 bits per heavy atom. The van der Waals surface area contributed by atoms with E-state index in [0.717, 1.165) is 56.7 Å². The second-order valence-electron chi connectivity index (χ2n) is 9.95. The van der Waals surface area contributed by atoms with E-state index in [2.05, 4.69) is 17.9 Å². The maximum absolute atomic E-state index is 12.8. The first-order valence-electron chi connectivity index (χ1n) is 11.8. The number of benzene rings is 1. The number of phenols is 1. The van der Waals surface area contributed by atoms with Crippen LogP contribution in [0.3, 0.4) is 0 Å². The van der Waals surface area contributed by atoms with Crippen molar-refractivity contribution in [3.8, 4) is 11.5 Å². The van der Waals surface area contributed by atoms with Crippen molar-refractivity contribution >= 4 is 5.78 Å². The van der Waals surface area contributed by atoms with Crippen LogP contribution in [0.2, 0.25) is 0 Å². The van der Waals surface area contributed by atoms with Gasteiger partial charge >= 0.3 is 0 Å². The summed E-state index contributed by atoms with van der Waals surface area (Å²) in [7, 11) is 1.84. The summed E-state index contributed by atoms with van der Waals surface area (Å²) in [5.41, 5.74) is 1.50. The molecule has 3 fully saturated rings. The summed E-state index contributed by atoms with van der Waals surface area (Å²) in [6, 6.07) is 4.12. The van der Waals surface area contributed by atoms with Crippen molar-refractivity contribution in [2.75, 3.05) is 26.8 Å². The first-order chi connectivity index (χ1) is 14.5. The molecule has 0 amide bonds. The van der Waals surface area contributed by atoms with Crippen LogP contribution >= 0.6 is 0 Å². The third-order valence-electron chi connectivity index (χ3n) is 8.30. The number of hydrogen-bond donors (Lipinski definition) is 1. The minimum atomic E-state index is -0.407. The molecule has 0 unspecified atom stereocenters. The highest BCUT2D eigenvalue weighted by Gasteiger charge is 2.67. The zero-order valence-corrected chi connectivity index (χ0v) is 18.4. The SMILES string of the molecule is CCCCOc1c(O)ccc2c1[C@@]13CCN(CC4CC4)[C@@H](C2)[C@]1(OC)CCC(=O)C3. The number of likely N-dealkylation sites (tertiary alicyclic amines) is 1. The standard InChI is InChI=1S/C25H35NO4/c1-3-4-13-30-23-20(28)8-7-18-14-21-25(29-2)10-9-19(27)15-24(25,22(18)23)11-12-26(21)16-17-5-6-17/h7-8,17,21,28H,3-6,9-16H2,1-2H3/t21-,24-,25+/m0/s1. The first-order valence-corrected chi connectivity index (χ1v) is 11.8. The van der Waals surface area contributed by atoms with Crippen molar-refractivity contribution in [3.05, 3.63) is 23.3 Å². The fraction of sp³-hybridized carbons (Fsp3) is 0.720. The highest BCUT2D eigenvalue weighted by Crippen LogP contribution is 2.62. The van der Waals surface area contributed by atoms with Crippen molar-refractivity contribution < 1.29 is 19.4 Å². The van der Waals surface area contributed by atoms with Crippen LogP contribution in [0.1, 0.15) is 69.4 Å². The van der Waals surface area contributed by atoms with Gasteiger partial charge in [0.1, 0.15) is 5.78 Å². The summed E-state index contributed by atoms with van der Waals surface area (Å²) in [5.74, 6) is 1.94. The third-order valence-corrected chi connectivity index (χ3v) is 8.30. The lowest BCUT2D eigenvalue weighted by molar-refractivity contribution is -0.188. The molecular formula is C25H35NO4. The van der Waals surface area contributed by atoms with Gasteiger partial charge in [-0.25, -0.2) is 0 Å². The summed E-state index contributed by atoms with van der Waals surface area (Å²) >= 11 is 0. The summed E-state index contributed by atoms with van der Waals surface area (Å²) < 4.78 is 12.7. The number of ether oxygens (including phenoxy) is 2. The zero-order chi connectivity index (χ0) is 20.9. The lowest BCUT2D eigenvalue weighted by atomic mass is 9.49. The van der Waals surface area contributed by atoms with Gasteiger partial charge in [0.2, 0.25) is 0 Å². The summed E-state index contributed by atoms with van der Waals surface area (Å²) in [6.45, 7) is 4.86. The molecule has 0 radical (unpaired) electrons. The lowest BCUT2D eigenvalue weighted by Gasteiger charge is -2.65. The third kappa shape index (κ3) is 2.92. The van der Waals surface area contributed by atoms with Gasteiger partial charge in [-0.15, -0.1) is 0 Å². The van der Waals surface area contributed by atoms with Gasteiger partial charge in [0.05, 0.1) is 12.2 Å². The summed E-state index contributed by atoms with van der Waals surface area (Å²) in [6.07, 6.45) is 8.30. The average Bonchev–Trinajstić information content (AvgIpc) is 3.55. The van der Waals surface area contributed by atoms with Crippen LogP contribution in [0, 0.1) is 5.92 Å². The van der Waals surface area contributed by atoms with Crippen molar-refractivity contribution in [3.63, 3.8) is 0 Å². The number of methoxy groups -OCH3 is 1. The van der Waals surface area contributed by atoms with Gasteiger partial charge in [0.15, 0.2) is 11.5 Å². The second kappa shape index (κ2) is 7.52. The number of nitrogens with zero attached hydrogens (tertiary/aromatic N) is 1. The van der Waals surface area contributed by atoms with Crippen molar-refractivity contribution in [1.82, 2.24) is 4.90 Å². The Labute approximate surface area is 179 Å². The van der Waals surface area contributed by atoms with Gasteiger partial charge in [-0.2, -0.15) is 0 Å². The van der Waals surface area contributed by atoms with Gasteiger partial charge in [-0.05, 0) is 62.6 Å². The van der Waals surface area contributed by atoms with Crippen LogP contribution in [-0.4, -0.2) is 54.2 Å². The number of aromatic hydroxyl groups is 1. The van der Waals surface area contributed by atoms with Crippen LogP contribution in [0.15, 0.2) is 12.1 Å². The molecule has 1 aromatic carbocycles. The highest BCUT2D eigenvalue weighted by molar-refractivity contribution is 5.83. The van der Waals surface area contributed by atoms with Gasteiger partial charge in [0, 0.05) is 43.5 Å². The number of carbonyl (C=O) groups is 1. The van der Waals surface area contributed by atoms with E-state index in [1.54, 1.807) is 6.07 Å². The van der Waals surface area contributed by atoms with E-state index in [0.29, 0.717) is 31.0 Å². The van der Waals surface area contributed by atoms with Crippen LogP contribution in [0.5, 0.6) is 11.5 Å². The fourth-order valence-electron chi connectivity index (χ4n) is 6.69. The Morgan fingerprint density at radius 2 is 2.10 bits per heavy atom. The molecule has 1 heterocycles. The predicted octanol–water partition coefficient (Wildman–Crippen LogP) is 3.99. The smallest absolute Gasteiger partial charge is 0.165 e. The molecule has 1 aromatic rings.